The van der Waals surface area contributed by atoms with Gasteiger partial charge in [0.25, 0.3) is 0 Å². The second-order valence-electron chi connectivity index (χ2n) is 4.30. The van der Waals surface area contributed by atoms with Crippen molar-refractivity contribution in [3.8, 4) is 11.1 Å². The van der Waals surface area contributed by atoms with Gasteiger partial charge < -0.3 is 16.4 Å². The quantitative estimate of drug-likeness (QED) is 0.775. The summed E-state index contributed by atoms with van der Waals surface area (Å²) in [7, 11) is 4.01. The first kappa shape index (κ1) is 11.3. The predicted molar refractivity (Wildman–Crippen MR) is 75.0 cm³/mol. The van der Waals surface area contributed by atoms with Crippen molar-refractivity contribution in [2.75, 3.05) is 30.5 Å². The third-order valence-electron chi connectivity index (χ3n) is 2.70. The fraction of sp³-hybridized carbons (Fsp3) is 0.143. The molecule has 0 fully saturated rings. The largest absolute Gasteiger partial charge is 0.399 e. The number of rotatable bonds is 2. The van der Waals surface area contributed by atoms with E-state index in [9.17, 15) is 0 Å². The molecule has 2 aromatic rings. The normalized spacial score (nSPS) is 10.2. The molecule has 17 heavy (non-hydrogen) atoms. The van der Waals surface area contributed by atoms with Crippen LogP contribution >= 0.6 is 0 Å². The molecular formula is C14H17N3. The van der Waals surface area contributed by atoms with Crippen molar-refractivity contribution in [1.82, 2.24) is 0 Å². The summed E-state index contributed by atoms with van der Waals surface area (Å²) in [5.74, 6) is 0. The first-order valence-corrected chi connectivity index (χ1v) is 5.50. The Hall–Kier alpha value is -2.16. The van der Waals surface area contributed by atoms with Crippen LogP contribution in [-0.2, 0) is 0 Å². The lowest BCUT2D eigenvalue weighted by atomic mass is 10.0. The molecule has 0 heterocycles. The third kappa shape index (κ3) is 2.33. The van der Waals surface area contributed by atoms with Crippen LogP contribution in [0.4, 0.5) is 17.1 Å². The van der Waals surface area contributed by atoms with Crippen molar-refractivity contribution in [2.45, 2.75) is 0 Å². The van der Waals surface area contributed by atoms with Crippen molar-refractivity contribution in [3.05, 3.63) is 42.5 Å². The molecule has 0 unspecified atom stereocenters. The molecule has 4 N–H and O–H groups in total. The molecule has 0 amide bonds. The van der Waals surface area contributed by atoms with Gasteiger partial charge in [0.2, 0.25) is 0 Å². The molecule has 88 valence electrons. The van der Waals surface area contributed by atoms with Crippen LogP contribution in [0.5, 0.6) is 0 Å². The van der Waals surface area contributed by atoms with Crippen LogP contribution in [0.15, 0.2) is 42.5 Å². The molecule has 0 saturated carbocycles. The summed E-state index contributed by atoms with van der Waals surface area (Å²) < 4.78 is 0. The Kier molecular flexibility index (Phi) is 2.91. The molecule has 0 aliphatic heterocycles. The molecule has 0 aliphatic carbocycles. The molecular weight excluding hydrogens is 210 g/mol. The zero-order valence-corrected chi connectivity index (χ0v) is 10.1. The Bertz CT molecular complexity index is 533. The van der Waals surface area contributed by atoms with Crippen molar-refractivity contribution in [2.24, 2.45) is 0 Å². The minimum absolute atomic E-state index is 0.765. The van der Waals surface area contributed by atoms with E-state index in [0.717, 1.165) is 28.2 Å². The van der Waals surface area contributed by atoms with Crippen LogP contribution in [0.2, 0.25) is 0 Å². The maximum Gasteiger partial charge on any atom is 0.0461 e. The highest BCUT2D eigenvalue weighted by Gasteiger charge is 2.07. The number of hydrogen-bond acceptors (Lipinski definition) is 3. The topological polar surface area (TPSA) is 55.3 Å². The molecule has 0 radical (unpaired) electrons. The maximum absolute atomic E-state index is 5.82. The molecule has 0 atom stereocenters. The Morgan fingerprint density at radius 3 is 2.24 bits per heavy atom. The molecule has 0 aromatic heterocycles. The molecule has 0 saturated heterocycles. The van der Waals surface area contributed by atoms with Gasteiger partial charge in [-0.1, -0.05) is 18.2 Å². The molecule has 3 nitrogen and oxygen atoms in total. The van der Waals surface area contributed by atoms with E-state index in [2.05, 4.69) is 11.0 Å². The van der Waals surface area contributed by atoms with Gasteiger partial charge in [-0.25, -0.2) is 0 Å². The van der Waals surface area contributed by atoms with Gasteiger partial charge in [0.05, 0.1) is 0 Å². The average Bonchev–Trinajstić information content (AvgIpc) is 2.28. The smallest absolute Gasteiger partial charge is 0.0461 e. The molecule has 3 heteroatoms. The van der Waals surface area contributed by atoms with E-state index in [1.54, 1.807) is 0 Å². The number of nitrogen functional groups attached to an aromatic ring is 2. The van der Waals surface area contributed by atoms with Crippen LogP contribution in [0.1, 0.15) is 0 Å². The number of hydrogen-bond donors (Lipinski definition) is 2. The first-order valence-electron chi connectivity index (χ1n) is 5.50. The van der Waals surface area contributed by atoms with E-state index in [0.29, 0.717) is 0 Å². The van der Waals surface area contributed by atoms with E-state index in [1.165, 1.54) is 0 Å². The SMILES string of the molecule is CN(C)c1cc(N)ccc1-c1cccc(N)c1. The lowest BCUT2D eigenvalue weighted by molar-refractivity contribution is 1.13. The first-order chi connectivity index (χ1) is 8.08. The Balaban J connectivity index is 2.59. The van der Waals surface area contributed by atoms with E-state index >= 15 is 0 Å². The van der Waals surface area contributed by atoms with Gasteiger partial charge in [-0.3, -0.25) is 0 Å². The average molecular weight is 227 g/mol. The fourth-order valence-electron chi connectivity index (χ4n) is 1.87. The zero-order chi connectivity index (χ0) is 12.4. The van der Waals surface area contributed by atoms with Gasteiger partial charge >= 0.3 is 0 Å². The van der Waals surface area contributed by atoms with E-state index in [4.69, 9.17) is 11.5 Å². The van der Waals surface area contributed by atoms with Gasteiger partial charge in [-0.15, -0.1) is 0 Å². The van der Waals surface area contributed by atoms with Crippen molar-refractivity contribution in [3.63, 3.8) is 0 Å². The summed E-state index contributed by atoms with van der Waals surface area (Å²) in [4.78, 5) is 2.05. The Morgan fingerprint density at radius 2 is 1.59 bits per heavy atom. The van der Waals surface area contributed by atoms with Gasteiger partial charge in [0.1, 0.15) is 0 Å². The van der Waals surface area contributed by atoms with E-state index in [1.807, 2.05) is 50.5 Å². The van der Waals surface area contributed by atoms with Crippen molar-refractivity contribution >= 4 is 17.1 Å². The predicted octanol–water partition coefficient (Wildman–Crippen LogP) is 2.58. The van der Waals surface area contributed by atoms with Crippen LogP contribution in [0.25, 0.3) is 11.1 Å². The zero-order valence-electron chi connectivity index (χ0n) is 10.1. The summed E-state index contributed by atoms with van der Waals surface area (Å²) >= 11 is 0. The van der Waals surface area contributed by atoms with Gasteiger partial charge in [-0.05, 0) is 29.8 Å². The maximum atomic E-state index is 5.82. The van der Waals surface area contributed by atoms with Gasteiger partial charge in [-0.2, -0.15) is 0 Å². The summed E-state index contributed by atoms with van der Waals surface area (Å²) in [6.07, 6.45) is 0. The number of nitrogens with zero attached hydrogens (tertiary/aromatic N) is 1. The Labute approximate surface area is 102 Å². The highest BCUT2D eigenvalue weighted by Crippen LogP contribution is 2.32. The summed E-state index contributed by atoms with van der Waals surface area (Å²) in [6, 6.07) is 13.8. The van der Waals surface area contributed by atoms with Gasteiger partial charge in [0.15, 0.2) is 0 Å². The fourth-order valence-corrected chi connectivity index (χ4v) is 1.87. The molecule has 2 rings (SSSR count). The standard InChI is InChI=1S/C14H17N3/c1-17(2)14-9-12(16)6-7-13(14)10-4-3-5-11(15)8-10/h3-9H,15-16H2,1-2H3. The highest BCUT2D eigenvalue weighted by atomic mass is 15.1. The third-order valence-corrected chi connectivity index (χ3v) is 2.70. The second kappa shape index (κ2) is 4.37. The number of nitrogens with two attached hydrogens (primary N) is 2. The summed E-state index contributed by atoms with van der Waals surface area (Å²) in [5.41, 5.74) is 16.5. The minimum Gasteiger partial charge on any atom is -0.399 e. The minimum atomic E-state index is 0.765. The summed E-state index contributed by atoms with van der Waals surface area (Å²) in [6.45, 7) is 0. The lowest BCUT2D eigenvalue weighted by Crippen LogP contribution is -2.10. The van der Waals surface area contributed by atoms with Crippen LogP contribution in [0, 0.1) is 0 Å². The van der Waals surface area contributed by atoms with Crippen molar-refractivity contribution < 1.29 is 0 Å². The van der Waals surface area contributed by atoms with Crippen molar-refractivity contribution in [1.29, 1.82) is 0 Å². The molecule has 0 aliphatic rings. The van der Waals surface area contributed by atoms with Crippen LogP contribution in [-0.4, -0.2) is 14.1 Å². The number of anilines is 3. The summed E-state index contributed by atoms with van der Waals surface area (Å²) in [5, 5.41) is 0. The number of benzene rings is 2. The van der Waals surface area contributed by atoms with E-state index in [-0.39, 0.29) is 0 Å². The van der Waals surface area contributed by atoms with Gasteiger partial charge in [0, 0.05) is 36.7 Å². The van der Waals surface area contributed by atoms with E-state index < -0.39 is 0 Å². The lowest BCUT2D eigenvalue weighted by Gasteiger charge is -2.18. The van der Waals surface area contributed by atoms with Crippen LogP contribution in [0.3, 0.4) is 0 Å². The monoisotopic (exact) mass is 227 g/mol. The molecule has 2 aromatic carbocycles. The highest BCUT2D eigenvalue weighted by molar-refractivity contribution is 5.82. The molecule has 0 bridgehead atoms. The van der Waals surface area contributed by atoms with Crippen LogP contribution < -0.4 is 16.4 Å². The second-order valence-corrected chi connectivity index (χ2v) is 4.30. The Morgan fingerprint density at radius 1 is 0.882 bits per heavy atom. The molecule has 0 spiro atoms.